The molecule has 0 amide bonds. The molecule has 0 aliphatic carbocycles. The Kier molecular flexibility index (Phi) is 5.46. The van der Waals surface area contributed by atoms with Crippen LogP contribution >= 0.6 is 0 Å². The molecule has 0 atom stereocenters. The summed E-state index contributed by atoms with van der Waals surface area (Å²) in [6.45, 7) is 7.64. The van der Waals surface area contributed by atoms with Crippen LogP contribution in [-0.2, 0) is 6.18 Å². The summed E-state index contributed by atoms with van der Waals surface area (Å²) in [6.07, 6.45) is -1.09. The topological polar surface area (TPSA) is 62.7 Å². The average Bonchev–Trinajstić information content (AvgIpc) is 2.62. The van der Waals surface area contributed by atoms with Gasteiger partial charge in [0.15, 0.2) is 0 Å². The molecular weight excluding hydrogens is 379 g/mol. The highest BCUT2D eigenvalue weighted by atomic mass is 19.4. The number of alkyl halides is 3. The fourth-order valence-electron chi connectivity index (χ4n) is 2.64. The van der Waals surface area contributed by atoms with E-state index < -0.39 is 11.7 Å². The number of benzene rings is 1. The number of nitrogens with zero attached hydrogens (tertiary/aromatic N) is 3. The van der Waals surface area contributed by atoms with Crippen LogP contribution in [0.15, 0.2) is 48.8 Å². The zero-order chi connectivity index (χ0) is 21.2. The quantitative estimate of drug-likeness (QED) is 0.577. The zero-order valence-electron chi connectivity index (χ0n) is 16.6. The molecule has 5 nitrogen and oxygen atoms in total. The van der Waals surface area contributed by atoms with Crippen LogP contribution in [0.1, 0.15) is 31.9 Å². The van der Waals surface area contributed by atoms with E-state index in [0.717, 1.165) is 17.7 Å². The SMILES string of the molecule is Cc1ccc(C(F)(F)F)cc1Nc1cc(-c2cccnc2)nc(NC(C)(C)C)n1. The van der Waals surface area contributed by atoms with Gasteiger partial charge in [0.1, 0.15) is 5.82 Å². The van der Waals surface area contributed by atoms with Gasteiger partial charge in [0.2, 0.25) is 5.95 Å². The first-order valence-electron chi connectivity index (χ1n) is 9.04. The van der Waals surface area contributed by atoms with Crippen LogP contribution in [0.5, 0.6) is 0 Å². The summed E-state index contributed by atoms with van der Waals surface area (Å²) < 4.78 is 39.3. The summed E-state index contributed by atoms with van der Waals surface area (Å²) >= 11 is 0. The van der Waals surface area contributed by atoms with Crippen LogP contribution in [0.3, 0.4) is 0 Å². The van der Waals surface area contributed by atoms with Gasteiger partial charge >= 0.3 is 6.18 Å². The second-order valence-corrected chi connectivity index (χ2v) is 7.73. The van der Waals surface area contributed by atoms with Crippen LogP contribution in [0.25, 0.3) is 11.3 Å². The standard InChI is InChI=1S/C21H22F3N5/c1-13-7-8-15(21(22,23)24)10-16(13)26-18-11-17(14-6-5-9-25-12-14)27-19(28-18)29-20(2,3)4/h5-12H,1-4H3,(H2,26,27,28,29). The van der Waals surface area contributed by atoms with Gasteiger partial charge in [0.05, 0.1) is 11.3 Å². The third-order valence-corrected chi connectivity index (χ3v) is 4.00. The Balaban J connectivity index is 2.04. The van der Waals surface area contributed by atoms with Crippen LogP contribution < -0.4 is 10.6 Å². The van der Waals surface area contributed by atoms with E-state index in [0.29, 0.717) is 28.7 Å². The molecule has 8 heteroatoms. The minimum atomic E-state index is -4.42. The molecule has 0 spiro atoms. The van der Waals surface area contributed by atoms with Crippen molar-refractivity contribution in [1.82, 2.24) is 15.0 Å². The Morgan fingerprint density at radius 3 is 2.34 bits per heavy atom. The van der Waals surface area contributed by atoms with E-state index in [2.05, 4.69) is 25.6 Å². The minimum absolute atomic E-state index is 0.295. The highest BCUT2D eigenvalue weighted by molar-refractivity contribution is 5.68. The average molecular weight is 401 g/mol. The van der Waals surface area contributed by atoms with Gasteiger partial charge in [-0.1, -0.05) is 6.07 Å². The van der Waals surface area contributed by atoms with Crippen molar-refractivity contribution in [3.05, 3.63) is 59.9 Å². The molecule has 0 saturated carbocycles. The van der Waals surface area contributed by atoms with E-state index in [9.17, 15) is 13.2 Å². The van der Waals surface area contributed by atoms with Crippen molar-refractivity contribution >= 4 is 17.5 Å². The Morgan fingerprint density at radius 2 is 1.72 bits per heavy atom. The Hall–Kier alpha value is -3.16. The van der Waals surface area contributed by atoms with Crippen molar-refractivity contribution in [2.24, 2.45) is 0 Å². The van der Waals surface area contributed by atoms with E-state index in [1.807, 2.05) is 26.8 Å². The number of nitrogens with one attached hydrogen (secondary N) is 2. The number of aromatic nitrogens is 3. The number of aryl methyl sites for hydroxylation is 1. The van der Waals surface area contributed by atoms with Gasteiger partial charge in [-0.05, 0) is 57.5 Å². The first kappa shape index (κ1) is 20.6. The Morgan fingerprint density at radius 1 is 0.966 bits per heavy atom. The number of pyridine rings is 1. The molecule has 2 aromatic heterocycles. The summed E-state index contributed by atoms with van der Waals surface area (Å²) in [5, 5.41) is 6.21. The van der Waals surface area contributed by atoms with Gasteiger partial charge in [-0.15, -0.1) is 0 Å². The maximum Gasteiger partial charge on any atom is 0.416 e. The van der Waals surface area contributed by atoms with E-state index in [4.69, 9.17) is 0 Å². The number of halogens is 3. The molecule has 29 heavy (non-hydrogen) atoms. The van der Waals surface area contributed by atoms with Crippen molar-refractivity contribution < 1.29 is 13.2 Å². The zero-order valence-corrected chi connectivity index (χ0v) is 16.6. The molecule has 2 heterocycles. The minimum Gasteiger partial charge on any atom is -0.350 e. The normalized spacial score (nSPS) is 12.0. The lowest BCUT2D eigenvalue weighted by atomic mass is 10.1. The monoisotopic (exact) mass is 401 g/mol. The summed E-state index contributed by atoms with van der Waals surface area (Å²) in [5.74, 6) is 0.749. The van der Waals surface area contributed by atoms with E-state index >= 15 is 0 Å². The molecular formula is C21H22F3N5. The third kappa shape index (κ3) is 5.43. The predicted octanol–water partition coefficient (Wildman–Crippen LogP) is 5.82. The van der Waals surface area contributed by atoms with Crippen molar-refractivity contribution in [2.45, 2.75) is 39.4 Å². The number of hydrogen-bond donors (Lipinski definition) is 2. The molecule has 2 N–H and O–H groups in total. The van der Waals surface area contributed by atoms with Gasteiger partial charge in [-0.3, -0.25) is 4.98 Å². The van der Waals surface area contributed by atoms with Crippen LogP contribution in [0.2, 0.25) is 0 Å². The van der Waals surface area contributed by atoms with E-state index in [1.165, 1.54) is 6.07 Å². The first-order valence-corrected chi connectivity index (χ1v) is 9.04. The highest BCUT2D eigenvalue weighted by Gasteiger charge is 2.30. The largest absolute Gasteiger partial charge is 0.416 e. The van der Waals surface area contributed by atoms with Crippen molar-refractivity contribution in [2.75, 3.05) is 10.6 Å². The molecule has 0 radical (unpaired) electrons. The lowest BCUT2D eigenvalue weighted by Crippen LogP contribution is -2.27. The number of rotatable bonds is 4. The van der Waals surface area contributed by atoms with Crippen molar-refractivity contribution in [1.29, 1.82) is 0 Å². The molecule has 1 aromatic carbocycles. The fourth-order valence-corrected chi connectivity index (χ4v) is 2.64. The predicted molar refractivity (Wildman–Crippen MR) is 108 cm³/mol. The summed E-state index contributed by atoms with van der Waals surface area (Å²) in [5.41, 5.74) is 1.36. The summed E-state index contributed by atoms with van der Waals surface area (Å²) in [4.78, 5) is 13.1. The van der Waals surface area contributed by atoms with Gasteiger partial charge in [0.25, 0.3) is 0 Å². The van der Waals surface area contributed by atoms with Gasteiger partial charge in [0, 0.05) is 35.2 Å². The lowest BCUT2D eigenvalue weighted by molar-refractivity contribution is -0.137. The number of hydrogen-bond acceptors (Lipinski definition) is 5. The molecule has 0 aliphatic rings. The molecule has 3 aromatic rings. The summed E-state index contributed by atoms with van der Waals surface area (Å²) in [6, 6.07) is 8.91. The van der Waals surface area contributed by atoms with Crippen molar-refractivity contribution in [3.8, 4) is 11.3 Å². The maximum absolute atomic E-state index is 13.1. The van der Waals surface area contributed by atoms with E-state index in [-0.39, 0.29) is 5.54 Å². The van der Waals surface area contributed by atoms with Gasteiger partial charge < -0.3 is 10.6 Å². The molecule has 152 valence electrons. The van der Waals surface area contributed by atoms with Crippen molar-refractivity contribution in [3.63, 3.8) is 0 Å². The fraction of sp³-hybridized carbons (Fsp3) is 0.286. The molecule has 0 unspecified atom stereocenters. The van der Waals surface area contributed by atoms with Crippen LogP contribution in [0.4, 0.5) is 30.6 Å². The molecule has 0 aliphatic heterocycles. The second kappa shape index (κ2) is 7.69. The highest BCUT2D eigenvalue weighted by Crippen LogP contribution is 2.33. The van der Waals surface area contributed by atoms with Crippen LogP contribution in [-0.4, -0.2) is 20.5 Å². The van der Waals surface area contributed by atoms with Gasteiger partial charge in [-0.25, -0.2) is 4.98 Å². The lowest BCUT2D eigenvalue weighted by Gasteiger charge is -2.21. The molecule has 0 bridgehead atoms. The first-order chi connectivity index (χ1) is 13.5. The third-order valence-electron chi connectivity index (χ3n) is 4.00. The van der Waals surface area contributed by atoms with E-state index in [1.54, 1.807) is 31.5 Å². The number of anilines is 3. The van der Waals surface area contributed by atoms with Gasteiger partial charge in [-0.2, -0.15) is 18.2 Å². The molecule has 3 rings (SSSR count). The molecule has 0 fully saturated rings. The maximum atomic E-state index is 13.1. The second-order valence-electron chi connectivity index (χ2n) is 7.73. The van der Waals surface area contributed by atoms with Crippen LogP contribution in [0, 0.1) is 6.92 Å². The summed E-state index contributed by atoms with van der Waals surface area (Å²) in [7, 11) is 0. The molecule has 0 saturated heterocycles. The Labute approximate surface area is 167 Å². The smallest absolute Gasteiger partial charge is 0.350 e. The Bertz CT molecular complexity index is 995.